The molecule has 4 nitrogen and oxygen atoms in total. The van der Waals surface area contributed by atoms with E-state index >= 15 is 0 Å². The standard InChI is InChI=1S/C18H34O4/c1-3-5-9-15(13-14-17(19)20)10-7-8-12-16(18(21)22)11-6-4-2/h15-16H,3-14H2,1-2H3,(H,19,20)(H,21,22). The van der Waals surface area contributed by atoms with Crippen LogP contribution in [0, 0.1) is 11.8 Å². The number of carboxylic acid groups (broad SMARTS) is 2. The van der Waals surface area contributed by atoms with Gasteiger partial charge in [0.2, 0.25) is 0 Å². The summed E-state index contributed by atoms with van der Waals surface area (Å²) in [6.45, 7) is 4.24. The van der Waals surface area contributed by atoms with E-state index in [9.17, 15) is 14.7 Å². The Hall–Kier alpha value is -1.06. The summed E-state index contributed by atoms with van der Waals surface area (Å²) in [4.78, 5) is 21.9. The molecule has 0 aromatic rings. The minimum Gasteiger partial charge on any atom is -0.481 e. The van der Waals surface area contributed by atoms with Crippen LogP contribution >= 0.6 is 0 Å². The van der Waals surface area contributed by atoms with Gasteiger partial charge in [-0.2, -0.15) is 0 Å². The Morgan fingerprint density at radius 2 is 1.27 bits per heavy atom. The molecule has 0 aromatic heterocycles. The first-order valence-electron chi connectivity index (χ1n) is 8.95. The number of hydrogen-bond acceptors (Lipinski definition) is 2. The van der Waals surface area contributed by atoms with Crippen LogP contribution in [0.5, 0.6) is 0 Å². The topological polar surface area (TPSA) is 74.6 Å². The molecule has 2 unspecified atom stereocenters. The Kier molecular flexibility index (Phi) is 12.9. The van der Waals surface area contributed by atoms with Gasteiger partial charge < -0.3 is 10.2 Å². The molecule has 0 aliphatic heterocycles. The third-order valence-corrected chi connectivity index (χ3v) is 4.40. The quantitative estimate of drug-likeness (QED) is 0.412. The Morgan fingerprint density at radius 3 is 1.82 bits per heavy atom. The average Bonchev–Trinajstić information content (AvgIpc) is 2.47. The second-order valence-corrected chi connectivity index (χ2v) is 6.40. The molecule has 2 N–H and O–H groups in total. The summed E-state index contributed by atoms with van der Waals surface area (Å²) in [6.07, 6.45) is 11.0. The van der Waals surface area contributed by atoms with Gasteiger partial charge in [-0.05, 0) is 25.2 Å². The SMILES string of the molecule is CCCCC(CCCCC(CCCC)C(=O)O)CCC(=O)O. The van der Waals surface area contributed by atoms with E-state index in [1.807, 2.05) is 0 Å². The highest BCUT2D eigenvalue weighted by molar-refractivity contribution is 5.69. The molecule has 0 aliphatic rings. The van der Waals surface area contributed by atoms with Crippen molar-refractivity contribution in [1.82, 2.24) is 0 Å². The van der Waals surface area contributed by atoms with Crippen LogP contribution in [0.1, 0.15) is 90.9 Å². The first kappa shape index (κ1) is 20.9. The molecule has 130 valence electrons. The second-order valence-electron chi connectivity index (χ2n) is 6.40. The van der Waals surface area contributed by atoms with Crippen LogP contribution in [-0.4, -0.2) is 22.2 Å². The number of rotatable bonds is 15. The van der Waals surface area contributed by atoms with Crippen LogP contribution in [0.4, 0.5) is 0 Å². The van der Waals surface area contributed by atoms with E-state index in [1.165, 1.54) is 0 Å². The van der Waals surface area contributed by atoms with Crippen molar-refractivity contribution < 1.29 is 19.8 Å². The number of hydrogen-bond donors (Lipinski definition) is 2. The lowest BCUT2D eigenvalue weighted by molar-refractivity contribution is -0.142. The van der Waals surface area contributed by atoms with Crippen molar-refractivity contribution in [3.63, 3.8) is 0 Å². The lowest BCUT2D eigenvalue weighted by Gasteiger charge is -2.16. The van der Waals surface area contributed by atoms with E-state index in [1.54, 1.807) is 0 Å². The van der Waals surface area contributed by atoms with Gasteiger partial charge in [-0.15, -0.1) is 0 Å². The van der Waals surface area contributed by atoms with E-state index in [0.29, 0.717) is 5.92 Å². The predicted molar refractivity (Wildman–Crippen MR) is 89.0 cm³/mol. The molecule has 0 aliphatic carbocycles. The molecule has 0 heterocycles. The van der Waals surface area contributed by atoms with Gasteiger partial charge in [0.25, 0.3) is 0 Å². The van der Waals surface area contributed by atoms with Crippen molar-refractivity contribution in [2.45, 2.75) is 90.9 Å². The zero-order valence-corrected chi connectivity index (χ0v) is 14.4. The monoisotopic (exact) mass is 314 g/mol. The first-order chi connectivity index (χ1) is 10.5. The van der Waals surface area contributed by atoms with E-state index in [-0.39, 0.29) is 12.3 Å². The van der Waals surface area contributed by atoms with Crippen molar-refractivity contribution in [2.75, 3.05) is 0 Å². The highest BCUT2D eigenvalue weighted by Crippen LogP contribution is 2.24. The Morgan fingerprint density at radius 1 is 0.773 bits per heavy atom. The normalized spacial score (nSPS) is 13.7. The van der Waals surface area contributed by atoms with Gasteiger partial charge in [0.1, 0.15) is 0 Å². The van der Waals surface area contributed by atoms with Crippen LogP contribution in [0.2, 0.25) is 0 Å². The number of unbranched alkanes of at least 4 members (excludes halogenated alkanes) is 3. The van der Waals surface area contributed by atoms with Gasteiger partial charge >= 0.3 is 11.9 Å². The third-order valence-electron chi connectivity index (χ3n) is 4.40. The molecular weight excluding hydrogens is 280 g/mol. The largest absolute Gasteiger partial charge is 0.481 e. The summed E-state index contributed by atoms with van der Waals surface area (Å²) in [5, 5.41) is 18.0. The van der Waals surface area contributed by atoms with Crippen molar-refractivity contribution in [2.24, 2.45) is 11.8 Å². The molecular formula is C18H34O4. The zero-order valence-electron chi connectivity index (χ0n) is 14.4. The zero-order chi connectivity index (χ0) is 16.8. The van der Waals surface area contributed by atoms with Crippen LogP contribution in [0.25, 0.3) is 0 Å². The minimum atomic E-state index is -0.716. The van der Waals surface area contributed by atoms with Crippen molar-refractivity contribution in [3.8, 4) is 0 Å². The first-order valence-corrected chi connectivity index (χ1v) is 8.95. The highest BCUT2D eigenvalue weighted by atomic mass is 16.4. The number of carboxylic acids is 2. The summed E-state index contributed by atoms with van der Waals surface area (Å²) in [5.41, 5.74) is 0. The maximum absolute atomic E-state index is 11.2. The fourth-order valence-electron chi connectivity index (χ4n) is 2.92. The molecule has 0 saturated carbocycles. The maximum atomic E-state index is 11.2. The lowest BCUT2D eigenvalue weighted by atomic mass is 9.89. The fourth-order valence-corrected chi connectivity index (χ4v) is 2.92. The number of aliphatic carboxylic acids is 2. The van der Waals surface area contributed by atoms with Gasteiger partial charge in [-0.1, -0.05) is 65.2 Å². The van der Waals surface area contributed by atoms with Gasteiger partial charge in [0.15, 0.2) is 0 Å². The van der Waals surface area contributed by atoms with E-state index in [4.69, 9.17) is 5.11 Å². The summed E-state index contributed by atoms with van der Waals surface area (Å²) in [7, 11) is 0. The maximum Gasteiger partial charge on any atom is 0.306 e. The smallest absolute Gasteiger partial charge is 0.306 e. The van der Waals surface area contributed by atoms with Gasteiger partial charge in [-0.3, -0.25) is 9.59 Å². The van der Waals surface area contributed by atoms with E-state index in [0.717, 1.165) is 70.6 Å². The van der Waals surface area contributed by atoms with Crippen LogP contribution in [0.15, 0.2) is 0 Å². The van der Waals surface area contributed by atoms with Gasteiger partial charge in [-0.25, -0.2) is 0 Å². The van der Waals surface area contributed by atoms with E-state index in [2.05, 4.69) is 13.8 Å². The Balaban J connectivity index is 4.01. The lowest BCUT2D eigenvalue weighted by Crippen LogP contribution is -2.13. The molecule has 22 heavy (non-hydrogen) atoms. The summed E-state index contributed by atoms with van der Waals surface area (Å²) in [6, 6.07) is 0. The Bertz CT molecular complexity index is 301. The summed E-state index contributed by atoms with van der Waals surface area (Å²) in [5.74, 6) is -1.10. The predicted octanol–water partition coefficient (Wildman–Crippen LogP) is 5.11. The van der Waals surface area contributed by atoms with Crippen LogP contribution < -0.4 is 0 Å². The number of carbonyl (C=O) groups is 2. The Labute approximate surface area is 135 Å². The van der Waals surface area contributed by atoms with Crippen LogP contribution in [-0.2, 0) is 9.59 Å². The molecule has 4 heteroatoms. The third kappa shape index (κ3) is 11.6. The fraction of sp³-hybridized carbons (Fsp3) is 0.889. The minimum absolute atomic E-state index is 0.201. The molecule has 0 amide bonds. The molecule has 0 rings (SSSR count). The molecule has 0 aromatic carbocycles. The van der Waals surface area contributed by atoms with Gasteiger partial charge in [0.05, 0.1) is 5.92 Å². The molecule has 0 saturated heterocycles. The summed E-state index contributed by atoms with van der Waals surface area (Å²) < 4.78 is 0. The van der Waals surface area contributed by atoms with Crippen molar-refractivity contribution in [3.05, 3.63) is 0 Å². The molecule has 0 spiro atoms. The van der Waals surface area contributed by atoms with Crippen molar-refractivity contribution >= 4 is 11.9 Å². The van der Waals surface area contributed by atoms with Crippen LogP contribution in [0.3, 0.4) is 0 Å². The highest BCUT2D eigenvalue weighted by Gasteiger charge is 2.17. The summed E-state index contributed by atoms with van der Waals surface area (Å²) >= 11 is 0. The molecule has 0 radical (unpaired) electrons. The molecule has 0 fully saturated rings. The van der Waals surface area contributed by atoms with Crippen molar-refractivity contribution in [1.29, 1.82) is 0 Å². The second kappa shape index (κ2) is 13.6. The van der Waals surface area contributed by atoms with E-state index < -0.39 is 11.9 Å². The molecule has 0 bridgehead atoms. The average molecular weight is 314 g/mol. The van der Waals surface area contributed by atoms with Gasteiger partial charge in [0, 0.05) is 6.42 Å². The molecule has 2 atom stereocenters.